The average Bonchev–Trinajstić information content (AvgIpc) is 2.45. The smallest absolute Gasteiger partial charge is 0.166 e. The first-order valence-corrected chi connectivity index (χ1v) is 4.24. The van der Waals surface area contributed by atoms with Crippen molar-refractivity contribution < 1.29 is 19.7 Å². The third-order valence-corrected chi connectivity index (χ3v) is 1.98. The molecule has 1 rings (SSSR count). The van der Waals surface area contributed by atoms with Crippen LogP contribution in [0.4, 0.5) is 0 Å². The summed E-state index contributed by atoms with van der Waals surface area (Å²) in [7, 11) is 0. The molecule has 2 atom stereocenters. The zero-order chi connectivity index (χ0) is 9.03. The highest BCUT2D eigenvalue weighted by Gasteiger charge is 2.35. The maximum Gasteiger partial charge on any atom is 0.166 e. The highest BCUT2D eigenvalue weighted by Crippen LogP contribution is 2.27. The molecule has 72 valence electrons. The molecule has 0 amide bonds. The Hall–Kier alpha value is -0.160. The van der Waals surface area contributed by atoms with Crippen molar-refractivity contribution in [1.29, 1.82) is 0 Å². The zero-order valence-corrected chi connectivity index (χ0v) is 7.32. The molecule has 2 unspecified atom stereocenters. The first-order chi connectivity index (χ1) is 5.70. The third-order valence-electron chi connectivity index (χ3n) is 1.98. The fourth-order valence-electron chi connectivity index (χ4n) is 1.31. The molecule has 0 bridgehead atoms. The molecule has 0 aromatic rings. The molecule has 0 aliphatic carbocycles. The average molecular weight is 176 g/mol. The molecule has 1 fully saturated rings. The summed E-state index contributed by atoms with van der Waals surface area (Å²) >= 11 is 0. The van der Waals surface area contributed by atoms with E-state index in [4.69, 9.17) is 19.7 Å². The standard InChI is InChI=1S/C8H16O4/c1-8(3-2-4-9)11-6-7(5-10)12-8/h7,9-10H,2-6H2,1H3. The Bertz CT molecular complexity index is 139. The van der Waals surface area contributed by atoms with E-state index in [2.05, 4.69) is 0 Å². The summed E-state index contributed by atoms with van der Waals surface area (Å²) in [6.45, 7) is 2.41. The van der Waals surface area contributed by atoms with Crippen LogP contribution in [0.1, 0.15) is 19.8 Å². The van der Waals surface area contributed by atoms with Gasteiger partial charge in [-0.05, 0) is 13.3 Å². The van der Waals surface area contributed by atoms with Gasteiger partial charge in [0.05, 0.1) is 13.2 Å². The van der Waals surface area contributed by atoms with Crippen LogP contribution in [0.25, 0.3) is 0 Å². The van der Waals surface area contributed by atoms with Crippen LogP contribution in [0.5, 0.6) is 0 Å². The van der Waals surface area contributed by atoms with Crippen LogP contribution in [0.2, 0.25) is 0 Å². The lowest BCUT2D eigenvalue weighted by atomic mass is 10.2. The van der Waals surface area contributed by atoms with E-state index in [-0.39, 0.29) is 19.3 Å². The number of ether oxygens (including phenoxy) is 2. The number of hydrogen-bond donors (Lipinski definition) is 2. The molecule has 1 saturated heterocycles. The topological polar surface area (TPSA) is 58.9 Å². The predicted molar refractivity (Wildman–Crippen MR) is 42.6 cm³/mol. The summed E-state index contributed by atoms with van der Waals surface area (Å²) < 4.78 is 10.8. The summed E-state index contributed by atoms with van der Waals surface area (Å²) in [6, 6.07) is 0. The number of rotatable bonds is 4. The van der Waals surface area contributed by atoms with Crippen molar-refractivity contribution in [2.45, 2.75) is 31.7 Å². The first kappa shape index (κ1) is 9.92. The lowest BCUT2D eigenvalue weighted by molar-refractivity contribution is -0.163. The van der Waals surface area contributed by atoms with Crippen molar-refractivity contribution in [2.24, 2.45) is 0 Å². The van der Waals surface area contributed by atoms with Gasteiger partial charge in [0.15, 0.2) is 5.79 Å². The quantitative estimate of drug-likeness (QED) is 0.627. The van der Waals surface area contributed by atoms with E-state index in [9.17, 15) is 0 Å². The van der Waals surface area contributed by atoms with Gasteiger partial charge in [0.2, 0.25) is 0 Å². The number of hydrogen-bond acceptors (Lipinski definition) is 4. The van der Waals surface area contributed by atoms with Crippen LogP contribution in [0, 0.1) is 0 Å². The minimum absolute atomic E-state index is 0.00524. The van der Waals surface area contributed by atoms with Crippen molar-refractivity contribution in [2.75, 3.05) is 19.8 Å². The van der Waals surface area contributed by atoms with Crippen molar-refractivity contribution in [3.63, 3.8) is 0 Å². The second kappa shape index (κ2) is 4.18. The van der Waals surface area contributed by atoms with Crippen LogP contribution in [-0.4, -0.2) is 41.9 Å². The van der Waals surface area contributed by atoms with Gasteiger partial charge in [0, 0.05) is 13.0 Å². The Labute approximate surface area is 72.1 Å². The van der Waals surface area contributed by atoms with E-state index in [1.165, 1.54) is 0 Å². The van der Waals surface area contributed by atoms with Crippen LogP contribution in [0.3, 0.4) is 0 Å². The minimum Gasteiger partial charge on any atom is -0.396 e. The van der Waals surface area contributed by atoms with E-state index >= 15 is 0 Å². The van der Waals surface area contributed by atoms with Gasteiger partial charge in [-0.25, -0.2) is 0 Å². The molecule has 1 aliphatic rings. The number of aliphatic hydroxyl groups is 2. The molecular weight excluding hydrogens is 160 g/mol. The van der Waals surface area contributed by atoms with Crippen molar-refractivity contribution in [3.05, 3.63) is 0 Å². The van der Waals surface area contributed by atoms with Gasteiger partial charge in [-0.2, -0.15) is 0 Å². The second-order valence-electron chi connectivity index (χ2n) is 3.19. The van der Waals surface area contributed by atoms with Gasteiger partial charge >= 0.3 is 0 Å². The zero-order valence-electron chi connectivity index (χ0n) is 7.32. The molecule has 0 saturated carbocycles. The molecule has 4 nitrogen and oxygen atoms in total. The van der Waals surface area contributed by atoms with Gasteiger partial charge in [-0.1, -0.05) is 0 Å². The Kier molecular flexibility index (Phi) is 3.46. The van der Waals surface area contributed by atoms with Gasteiger partial charge in [0.25, 0.3) is 0 Å². The summed E-state index contributed by atoms with van der Waals surface area (Å²) in [4.78, 5) is 0. The summed E-state index contributed by atoms with van der Waals surface area (Å²) in [5.41, 5.74) is 0. The van der Waals surface area contributed by atoms with Gasteiger partial charge in [0.1, 0.15) is 6.10 Å². The van der Waals surface area contributed by atoms with E-state index in [1.54, 1.807) is 0 Å². The fourth-order valence-corrected chi connectivity index (χ4v) is 1.31. The lowest BCUT2D eigenvalue weighted by Crippen LogP contribution is -2.27. The Balaban J connectivity index is 2.31. The molecule has 0 aromatic carbocycles. The molecule has 4 heteroatoms. The fraction of sp³-hybridized carbons (Fsp3) is 1.00. The van der Waals surface area contributed by atoms with Crippen LogP contribution < -0.4 is 0 Å². The molecule has 2 N–H and O–H groups in total. The molecular formula is C8H16O4. The maximum absolute atomic E-state index is 8.77. The summed E-state index contributed by atoms with van der Waals surface area (Å²) in [6.07, 6.45) is 1.13. The van der Waals surface area contributed by atoms with Gasteiger partial charge in [-0.15, -0.1) is 0 Å². The normalized spacial score (nSPS) is 35.8. The molecule has 0 radical (unpaired) electrons. The SMILES string of the molecule is CC1(CCCO)OCC(CO)O1. The summed E-state index contributed by atoms with van der Waals surface area (Å²) in [5, 5.41) is 17.4. The molecule has 1 heterocycles. The molecule has 1 aliphatic heterocycles. The van der Waals surface area contributed by atoms with E-state index in [1.807, 2.05) is 6.92 Å². The largest absolute Gasteiger partial charge is 0.396 e. The minimum atomic E-state index is -0.601. The van der Waals surface area contributed by atoms with Crippen molar-refractivity contribution in [1.82, 2.24) is 0 Å². The highest BCUT2D eigenvalue weighted by molar-refractivity contribution is 4.74. The van der Waals surface area contributed by atoms with E-state index in [0.717, 1.165) is 0 Å². The number of aliphatic hydroxyl groups excluding tert-OH is 2. The van der Waals surface area contributed by atoms with Gasteiger partial charge < -0.3 is 19.7 Å². The predicted octanol–water partition coefficient (Wildman–Crippen LogP) is -0.117. The lowest BCUT2D eigenvalue weighted by Gasteiger charge is -2.22. The Morgan fingerprint density at radius 3 is 2.75 bits per heavy atom. The third kappa shape index (κ3) is 2.42. The second-order valence-corrected chi connectivity index (χ2v) is 3.19. The van der Waals surface area contributed by atoms with Crippen LogP contribution in [-0.2, 0) is 9.47 Å². The molecule has 0 spiro atoms. The monoisotopic (exact) mass is 176 g/mol. The van der Waals surface area contributed by atoms with Crippen molar-refractivity contribution in [3.8, 4) is 0 Å². The first-order valence-electron chi connectivity index (χ1n) is 4.24. The van der Waals surface area contributed by atoms with Crippen LogP contribution in [0.15, 0.2) is 0 Å². The highest BCUT2D eigenvalue weighted by atomic mass is 16.7. The maximum atomic E-state index is 8.77. The van der Waals surface area contributed by atoms with Crippen LogP contribution >= 0.6 is 0 Å². The molecule has 0 aromatic heterocycles. The van der Waals surface area contributed by atoms with E-state index in [0.29, 0.717) is 19.4 Å². The molecule has 12 heavy (non-hydrogen) atoms. The Morgan fingerprint density at radius 2 is 2.25 bits per heavy atom. The Morgan fingerprint density at radius 1 is 1.50 bits per heavy atom. The summed E-state index contributed by atoms with van der Waals surface area (Å²) in [5.74, 6) is -0.601. The van der Waals surface area contributed by atoms with Crippen molar-refractivity contribution >= 4 is 0 Å². The van der Waals surface area contributed by atoms with E-state index < -0.39 is 5.79 Å². The van der Waals surface area contributed by atoms with Gasteiger partial charge in [-0.3, -0.25) is 0 Å².